The minimum Gasteiger partial charge on any atom is -0.272 e. The van der Waals surface area contributed by atoms with Gasteiger partial charge in [0, 0.05) is 36.4 Å². The van der Waals surface area contributed by atoms with E-state index in [1.165, 1.54) is 30.5 Å². The summed E-state index contributed by atoms with van der Waals surface area (Å²) in [6, 6.07) is 1.55. The lowest BCUT2D eigenvalue weighted by Gasteiger charge is -2.41. The maximum absolute atomic E-state index is 4.52. The summed E-state index contributed by atoms with van der Waals surface area (Å²) in [5, 5.41) is 6.97. The second-order valence-corrected chi connectivity index (χ2v) is 6.10. The van der Waals surface area contributed by atoms with Crippen molar-refractivity contribution in [3.8, 4) is 0 Å². The Balaban J connectivity index is 2.13. The molecule has 0 spiro atoms. The van der Waals surface area contributed by atoms with Crippen LogP contribution < -0.4 is 5.43 Å². The van der Waals surface area contributed by atoms with Crippen LogP contribution in [0.15, 0.2) is 0 Å². The van der Waals surface area contributed by atoms with Crippen molar-refractivity contribution in [1.82, 2.24) is 20.2 Å². The molecule has 1 aromatic heterocycles. The van der Waals surface area contributed by atoms with Gasteiger partial charge in [0.2, 0.25) is 0 Å². The molecule has 3 atom stereocenters. The topological polar surface area (TPSA) is 33.1 Å². The molecule has 0 saturated carbocycles. The number of hydrogen-bond acceptors (Lipinski definition) is 3. The van der Waals surface area contributed by atoms with Gasteiger partial charge >= 0.3 is 0 Å². The van der Waals surface area contributed by atoms with Crippen molar-refractivity contribution in [3.05, 3.63) is 17.0 Å². The first kappa shape index (κ1) is 14.5. The molecule has 1 fully saturated rings. The minimum atomic E-state index is 0.316. The molecule has 1 saturated heterocycles. The molecule has 2 rings (SSSR count). The molecule has 1 aliphatic rings. The van der Waals surface area contributed by atoms with Crippen molar-refractivity contribution in [2.24, 2.45) is 7.05 Å². The molecular formula is C15H28N4. The Hall–Kier alpha value is -0.870. The summed E-state index contributed by atoms with van der Waals surface area (Å²) < 4.78 is 1.98. The highest BCUT2D eigenvalue weighted by molar-refractivity contribution is 5.27. The highest BCUT2D eigenvalue weighted by atomic mass is 15.5. The van der Waals surface area contributed by atoms with Gasteiger partial charge in [-0.05, 0) is 47.5 Å². The lowest BCUT2D eigenvalue weighted by atomic mass is 9.99. The molecule has 0 aromatic carbocycles. The molecule has 4 heteroatoms. The van der Waals surface area contributed by atoms with Crippen molar-refractivity contribution < 1.29 is 0 Å². The highest BCUT2D eigenvalue weighted by Crippen LogP contribution is 2.25. The van der Waals surface area contributed by atoms with Crippen LogP contribution in [0.2, 0.25) is 0 Å². The second-order valence-electron chi connectivity index (χ2n) is 6.10. The first-order valence-electron chi connectivity index (χ1n) is 7.46. The van der Waals surface area contributed by atoms with Gasteiger partial charge in [0.05, 0.1) is 5.69 Å². The number of nitrogens with zero attached hydrogens (tertiary/aromatic N) is 3. The molecule has 1 aromatic rings. The van der Waals surface area contributed by atoms with Crippen LogP contribution in [0, 0.1) is 13.8 Å². The summed E-state index contributed by atoms with van der Waals surface area (Å²) in [7, 11) is 2.02. The number of aryl methyl sites for hydroxylation is 2. The third-order valence-corrected chi connectivity index (χ3v) is 4.53. The van der Waals surface area contributed by atoms with E-state index in [1.54, 1.807) is 0 Å². The molecule has 19 heavy (non-hydrogen) atoms. The fourth-order valence-electron chi connectivity index (χ4n) is 3.38. The normalized spacial score (nSPS) is 26.6. The first-order valence-corrected chi connectivity index (χ1v) is 7.46. The van der Waals surface area contributed by atoms with Crippen LogP contribution in [-0.2, 0) is 7.05 Å². The summed E-state index contributed by atoms with van der Waals surface area (Å²) >= 11 is 0. The van der Waals surface area contributed by atoms with E-state index in [1.807, 2.05) is 11.7 Å². The zero-order valence-corrected chi connectivity index (χ0v) is 13.2. The SMILES string of the molecule is Cc1nn(C)c(C)c1C(C)NN1C(C)CCCC1C. The summed E-state index contributed by atoms with van der Waals surface area (Å²) in [4.78, 5) is 0. The van der Waals surface area contributed by atoms with E-state index in [0.29, 0.717) is 18.1 Å². The van der Waals surface area contributed by atoms with E-state index in [4.69, 9.17) is 0 Å². The number of hydrogen-bond donors (Lipinski definition) is 1. The van der Waals surface area contributed by atoms with Gasteiger partial charge in [0.15, 0.2) is 0 Å². The lowest BCUT2D eigenvalue weighted by molar-refractivity contribution is 0.0318. The Kier molecular flexibility index (Phi) is 4.31. The molecule has 1 aliphatic heterocycles. The lowest BCUT2D eigenvalue weighted by Crippen LogP contribution is -2.52. The molecule has 0 radical (unpaired) electrons. The van der Waals surface area contributed by atoms with Gasteiger partial charge in [-0.3, -0.25) is 4.68 Å². The van der Waals surface area contributed by atoms with E-state index in [9.17, 15) is 0 Å². The summed E-state index contributed by atoms with van der Waals surface area (Å²) in [5.74, 6) is 0. The average molecular weight is 264 g/mol. The van der Waals surface area contributed by atoms with Crippen LogP contribution in [-0.4, -0.2) is 26.9 Å². The van der Waals surface area contributed by atoms with Gasteiger partial charge in [-0.2, -0.15) is 5.10 Å². The largest absolute Gasteiger partial charge is 0.272 e. The predicted molar refractivity (Wildman–Crippen MR) is 78.8 cm³/mol. The summed E-state index contributed by atoms with van der Waals surface area (Å²) in [5.41, 5.74) is 7.45. The van der Waals surface area contributed by atoms with Gasteiger partial charge in [-0.1, -0.05) is 6.42 Å². The van der Waals surface area contributed by atoms with Gasteiger partial charge in [-0.25, -0.2) is 10.4 Å². The van der Waals surface area contributed by atoms with Crippen LogP contribution in [0.3, 0.4) is 0 Å². The molecule has 0 amide bonds. The van der Waals surface area contributed by atoms with Gasteiger partial charge in [0.1, 0.15) is 0 Å². The van der Waals surface area contributed by atoms with Crippen molar-refractivity contribution in [2.45, 2.75) is 72.0 Å². The molecule has 0 aliphatic carbocycles. The third kappa shape index (κ3) is 2.84. The molecular weight excluding hydrogens is 236 g/mol. The van der Waals surface area contributed by atoms with E-state index in [0.717, 1.165) is 5.69 Å². The molecule has 108 valence electrons. The number of hydrazine groups is 1. The Bertz CT molecular complexity index is 428. The summed E-state index contributed by atoms with van der Waals surface area (Å²) in [6.45, 7) is 11.1. The van der Waals surface area contributed by atoms with Gasteiger partial charge in [0.25, 0.3) is 0 Å². The smallest absolute Gasteiger partial charge is 0.0644 e. The van der Waals surface area contributed by atoms with E-state index >= 15 is 0 Å². The van der Waals surface area contributed by atoms with E-state index < -0.39 is 0 Å². The van der Waals surface area contributed by atoms with E-state index in [-0.39, 0.29) is 0 Å². The third-order valence-electron chi connectivity index (χ3n) is 4.53. The maximum Gasteiger partial charge on any atom is 0.0644 e. The Morgan fingerprint density at radius 1 is 1.21 bits per heavy atom. The van der Waals surface area contributed by atoms with Crippen LogP contribution in [0.5, 0.6) is 0 Å². The zero-order valence-electron chi connectivity index (χ0n) is 13.2. The number of rotatable bonds is 3. The molecule has 2 heterocycles. The van der Waals surface area contributed by atoms with Crippen molar-refractivity contribution in [2.75, 3.05) is 0 Å². The highest BCUT2D eigenvalue weighted by Gasteiger charge is 2.27. The van der Waals surface area contributed by atoms with Crippen molar-refractivity contribution >= 4 is 0 Å². The van der Waals surface area contributed by atoms with Gasteiger partial charge < -0.3 is 0 Å². The van der Waals surface area contributed by atoms with E-state index in [2.05, 4.69) is 50.2 Å². The number of piperidine rings is 1. The Morgan fingerprint density at radius 3 is 2.26 bits per heavy atom. The van der Waals surface area contributed by atoms with Crippen LogP contribution in [0.4, 0.5) is 0 Å². The molecule has 0 bridgehead atoms. The van der Waals surface area contributed by atoms with Crippen molar-refractivity contribution in [3.63, 3.8) is 0 Å². The molecule has 3 unspecified atom stereocenters. The minimum absolute atomic E-state index is 0.316. The first-order chi connectivity index (χ1) is 8.91. The predicted octanol–water partition coefficient (Wildman–Crippen LogP) is 2.87. The van der Waals surface area contributed by atoms with Crippen molar-refractivity contribution in [1.29, 1.82) is 0 Å². The fourth-order valence-corrected chi connectivity index (χ4v) is 3.38. The second kappa shape index (κ2) is 5.63. The number of nitrogens with one attached hydrogen (secondary N) is 1. The maximum atomic E-state index is 4.52. The zero-order chi connectivity index (χ0) is 14.2. The number of aromatic nitrogens is 2. The van der Waals surface area contributed by atoms with Crippen LogP contribution in [0.1, 0.15) is 63.0 Å². The van der Waals surface area contributed by atoms with Crippen LogP contribution in [0.25, 0.3) is 0 Å². The van der Waals surface area contributed by atoms with Crippen LogP contribution >= 0.6 is 0 Å². The quantitative estimate of drug-likeness (QED) is 0.911. The Labute approximate surface area is 117 Å². The van der Waals surface area contributed by atoms with Gasteiger partial charge in [-0.15, -0.1) is 0 Å². The molecule has 1 N–H and O–H groups in total. The Morgan fingerprint density at radius 2 is 1.79 bits per heavy atom. The summed E-state index contributed by atoms with van der Waals surface area (Å²) in [6.07, 6.45) is 3.92. The average Bonchev–Trinajstić information content (AvgIpc) is 2.58. The fraction of sp³-hybridized carbons (Fsp3) is 0.800. The molecule has 4 nitrogen and oxygen atoms in total. The standard InChI is InChI=1S/C15H28N4/c1-10-8-7-9-11(2)19(10)17-13(4)15-12(3)16-18(6)14(15)5/h10-11,13,17H,7-9H2,1-6H3. The monoisotopic (exact) mass is 264 g/mol.